The van der Waals surface area contributed by atoms with Gasteiger partial charge in [-0.1, -0.05) is 12.1 Å². The lowest BCUT2D eigenvalue weighted by molar-refractivity contribution is 0.356. The summed E-state index contributed by atoms with van der Waals surface area (Å²) in [6, 6.07) is 15.0. The maximum Gasteiger partial charge on any atom is 0.161 e. The summed E-state index contributed by atoms with van der Waals surface area (Å²) < 4.78 is 15.9. The molecule has 4 heteroatoms. The van der Waals surface area contributed by atoms with Crippen LogP contribution in [0.5, 0.6) is 23.0 Å². The van der Waals surface area contributed by atoms with E-state index < -0.39 is 0 Å². The third kappa shape index (κ3) is 2.75. The van der Waals surface area contributed by atoms with Gasteiger partial charge in [-0.25, -0.2) is 0 Å². The molecule has 0 aliphatic carbocycles. The minimum Gasteiger partial charge on any atom is -0.508 e. The number of hydrogen-bond acceptors (Lipinski definition) is 4. The molecule has 0 heterocycles. The molecule has 0 spiro atoms. The van der Waals surface area contributed by atoms with Gasteiger partial charge in [-0.3, -0.25) is 0 Å². The van der Waals surface area contributed by atoms with E-state index in [1.165, 1.54) is 0 Å². The predicted octanol–water partition coefficient (Wildman–Crippen LogP) is 4.24. The Labute approximate surface area is 134 Å². The van der Waals surface area contributed by atoms with Crippen molar-refractivity contribution in [1.29, 1.82) is 0 Å². The Balaban J connectivity index is 2.25. The summed E-state index contributed by atoms with van der Waals surface area (Å²) in [6.07, 6.45) is 0. The minimum absolute atomic E-state index is 0.204. The van der Waals surface area contributed by atoms with Gasteiger partial charge in [0.2, 0.25) is 0 Å². The predicted molar refractivity (Wildman–Crippen MR) is 90.7 cm³/mol. The summed E-state index contributed by atoms with van der Waals surface area (Å²) in [5, 5.41) is 11.9. The van der Waals surface area contributed by atoms with Crippen molar-refractivity contribution in [2.75, 3.05) is 21.3 Å². The summed E-state index contributed by atoms with van der Waals surface area (Å²) in [4.78, 5) is 0. The van der Waals surface area contributed by atoms with Gasteiger partial charge < -0.3 is 19.3 Å². The molecule has 23 heavy (non-hydrogen) atoms. The standard InChI is InChI=1S/C19H18O4/c1-21-15-6-4-12(5-7-15)16-10-14(20)8-13-9-18(22-2)19(23-3)11-17(13)16/h4-11,20H,1-3H3. The molecule has 0 aliphatic rings. The first kappa shape index (κ1) is 15.0. The van der Waals surface area contributed by atoms with E-state index >= 15 is 0 Å². The quantitative estimate of drug-likeness (QED) is 0.783. The number of ether oxygens (including phenoxy) is 3. The number of fused-ring (bicyclic) bond motifs is 1. The van der Waals surface area contributed by atoms with Crippen LogP contribution >= 0.6 is 0 Å². The van der Waals surface area contributed by atoms with Crippen molar-refractivity contribution in [2.24, 2.45) is 0 Å². The van der Waals surface area contributed by atoms with Gasteiger partial charge in [0.05, 0.1) is 21.3 Å². The lowest BCUT2D eigenvalue weighted by Crippen LogP contribution is -1.92. The summed E-state index contributed by atoms with van der Waals surface area (Å²) in [5.74, 6) is 2.28. The van der Waals surface area contributed by atoms with Crippen molar-refractivity contribution in [1.82, 2.24) is 0 Å². The highest BCUT2D eigenvalue weighted by atomic mass is 16.5. The Morgan fingerprint density at radius 3 is 2.00 bits per heavy atom. The second-order valence-corrected chi connectivity index (χ2v) is 5.15. The zero-order valence-corrected chi connectivity index (χ0v) is 13.3. The average Bonchev–Trinajstić information content (AvgIpc) is 2.59. The first-order valence-electron chi connectivity index (χ1n) is 7.19. The summed E-state index contributed by atoms with van der Waals surface area (Å²) in [6.45, 7) is 0. The highest BCUT2D eigenvalue weighted by Crippen LogP contribution is 2.39. The van der Waals surface area contributed by atoms with E-state index in [2.05, 4.69) is 0 Å². The normalized spacial score (nSPS) is 10.6. The van der Waals surface area contributed by atoms with Crippen LogP contribution in [0.25, 0.3) is 21.9 Å². The Hall–Kier alpha value is -2.88. The molecule has 3 aromatic rings. The molecule has 0 amide bonds. The zero-order valence-electron chi connectivity index (χ0n) is 13.3. The van der Waals surface area contributed by atoms with Crippen LogP contribution in [-0.2, 0) is 0 Å². The van der Waals surface area contributed by atoms with E-state index in [0.29, 0.717) is 11.5 Å². The van der Waals surface area contributed by atoms with Gasteiger partial charge in [0.25, 0.3) is 0 Å². The Morgan fingerprint density at radius 1 is 0.739 bits per heavy atom. The highest BCUT2D eigenvalue weighted by Gasteiger charge is 2.12. The van der Waals surface area contributed by atoms with Crippen molar-refractivity contribution in [2.45, 2.75) is 0 Å². The van der Waals surface area contributed by atoms with E-state index in [0.717, 1.165) is 27.6 Å². The molecule has 0 unspecified atom stereocenters. The van der Waals surface area contributed by atoms with Crippen LogP contribution in [0.1, 0.15) is 0 Å². The van der Waals surface area contributed by atoms with Crippen LogP contribution in [0.2, 0.25) is 0 Å². The second-order valence-electron chi connectivity index (χ2n) is 5.15. The van der Waals surface area contributed by atoms with Crippen LogP contribution in [0.15, 0.2) is 48.5 Å². The number of phenolic OH excluding ortho intramolecular Hbond substituents is 1. The van der Waals surface area contributed by atoms with Crippen molar-refractivity contribution in [3.05, 3.63) is 48.5 Å². The van der Waals surface area contributed by atoms with Crippen molar-refractivity contribution < 1.29 is 19.3 Å². The summed E-state index contributed by atoms with van der Waals surface area (Å²) in [5.41, 5.74) is 1.91. The fourth-order valence-corrected chi connectivity index (χ4v) is 2.68. The molecular formula is C19H18O4. The lowest BCUT2D eigenvalue weighted by Gasteiger charge is -2.13. The molecular weight excluding hydrogens is 292 g/mol. The molecule has 0 bridgehead atoms. The summed E-state index contributed by atoms with van der Waals surface area (Å²) >= 11 is 0. The van der Waals surface area contributed by atoms with Crippen LogP contribution in [0.4, 0.5) is 0 Å². The van der Waals surface area contributed by atoms with Crippen LogP contribution in [0, 0.1) is 0 Å². The maximum absolute atomic E-state index is 10.1. The Kier molecular flexibility index (Phi) is 3.98. The van der Waals surface area contributed by atoms with Crippen molar-refractivity contribution in [3.8, 4) is 34.1 Å². The lowest BCUT2D eigenvalue weighted by atomic mass is 9.97. The van der Waals surface area contributed by atoms with E-state index in [4.69, 9.17) is 14.2 Å². The molecule has 118 valence electrons. The van der Waals surface area contributed by atoms with Gasteiger partial charge in [-0.2, -0.15) is 0 Å². The van der Waals surface area contributed by atoms with E-state index in [9.17, 15) is 5.11 Å². The second kappa shape index (κ2) is 6.08. The zero-order chi connectivity index (χ0) is 16.4. The van der Waals surface area contributed by atoms with Crippen LogP contribution in [0.3, 0.4) is 0 Å². The van der Waals surface area contributed by atoms with E-state index in [-0.39, 0.29) is 5.75 Å². The smallest absolute Gasteiger partial charge is 0.161 e. The molecule has 0 radical (unpaired) electrons. The Bertz CT molecular complexity index is 838. The Morgan fingerprint density at radius 2 is 1.39 bits per heavy atom. The fourth-order valence-electron chi connectivity index (χ4n) is 2.68. The minimum atomic E-state index is 0.204. The molecule has 0 aromatic heterocycles. The van der Waals surface area contributed by atoms with Gasteiger partial charge in [0, 0.05) is 0 Å². The third-order valence-electron chi connectivity index (χ3n) is 3.84. The monoisotopic (exact) mass is 310 g/mol. The first-order chi connectivity index (χ1) is 11.2. The van der Waals surface area contributed by atoms with Gasteiger partial charge in [-0.05, 0) is 58.3 Å². The molecule has 0 atom stereocenters. The van der Waals surface area contributed by atoms with Crippen LogP contribution < -0.4 is 14.2 Å². The van der Waals surface area contributed by atoms with Gasteiger partial charge in [0.15, 0.2) is 11.5 Å². The molecule has 1 N–H and O–H groups in total. The third-order valence-corrected chi connectivity index (χ3v) is 3.84. The largest absolute Gasteiger partial charge is 0.508 e. The van der Waals surface area contributed by atoms with Gasteiger partial charge >= 0.3 is 0 Å². The number of methoxy groups -OCH3 is 3. The van der Waals surface area contributed by atoms with E-state index in [1.54, 1.807) is 33.5 Å². The number of hydrogen-bond donors (Lipinski definition) is 1. The molecule has 0 fully saturated rings. The number of aromatic hydroxyl groups is 1. The SMILES string of the molecule is COc1ccc(-c2cc(O)cc3cc(OC)c(OC)cc23)cc1. The number of benzene rings is 3. The van der Waals surface area contributed by atoms with Gasteiger partial charge in [0.1, 0.15) is 11.5 Å². The van der Waals surface area contributed by atoms with Crippen molar-refractivity contribution >= 4 is 10.8 Å². The highest BCUT2D eigenvalue weighted by molar-refractivity contribution is 5.99. The number of rotatable bonds is 4. The molecule has 0 saturated heterocycles. The number of phenols is 1. The first-order valence-corrected chi connectivity index (χ1v) is 7.19. The fraction of sp³-hybridized carbons (Fsp3) is 0.158. The maximum atomic E-state index is 10.1. The molecule has 4 nitrogen and oxygen atoms in total. The molecule has 3 aromatic carbocycles. The molecule has 0 saturated carbocycles. The topological polar surface area (TPSA) is 47.9 Å². The van der Waals surface area contributed by atoms with Gasteiger partial charge in [-0.15, -0.1) is 0 Å². The van der Waals surface area contributed by atoms with Crippen molar-refractivity contribution in [3.63, 3.8) is 0 Å². The van der Waals surface area contributed by atoms with E-state index in [1.807, 2.05) is 36.4 Å². The molecule has 3 rings (SSSR count). The average molecular weight is 310 g/mol. The van der Waals surface area contributed by atoms with Crippen LogP contribution in [-0.4, -0.2) is 26.4 Å². The molecule has 0 aliphatic heterocycles. The summed E-state index contributed by atoms with van der Waals surface area (Å²) in [7, 11) is 4.84.